The second-order valence-electron chi connectivity index (χ2n) is 2.86. The van der Waals surface area contributed by atoms with Gasteiger partial charge in [0.15, 0.2) is 0 Å². The summed E-state index contributed by atoms with van der Waals surface area (Å²) in [5, 5.41) is 7.58. The van der Waals surface area contributed by atoms with Gasteiger partial charge in [-0.05, 0) is 36.4 Å². The van der Waals surface area contributed by atoms with E-state index < -0.39 is 0 Å². The minimum absolute atomic E-state index is 1.27. The van der Waals surface area contributed by atoms with Crippen LogP contribution in [0.5, 0.6) is 0 Å². The van der Waals surface area contributed by atoms with Crippen LogP contribution in [0, 0.1) is 19.2 Å². The first-order valence-corrected chi connectivity index (χ1v) is 5.54. The Morgan fingerprint density at radius 1 is 1.25 bits per heavy atom. The van der Waals surface area contributed by atoms with Gasteiger partial charge in [-0.2, -0.15) is 0 Å². The van der Waals surface area contributed by atoms with Crippen molar-refractivity contribution in [2.45, 2.75) is 13.8 Å². The molecule has 0 spiro atoms. The zero-order valence-corrected chi connectivity index (χ0v) is 8.68. The molecule has 61 valence electrons. The van der Waals surface area contributed by atoms with Crippen LogP contribution in [-0.2, 0) is 0 Å². The summed E-state index contributed by atoms with van der Waals surface area (Å²) < 4.78 is 0. The second kappa shape index (κ2) is 3.04. The molecule has 0 aromatic carbocycles. The predicted molar refractivity (Wildman–Crippen MR) is 55.9 cm³/mol. The number of aryl methyl sites for hydroxylation is 2. The van der Waals surface area contributed by atoms with Crippen molar-refractivity contribution in [3.63, 3.8) is 0 Å². The zero-order valence-electron chi connectivity index (χ0n) is 7.05. The second-order valence-corrected chi connectivity index (χ2v) is 4.45. The van der Waals surface area contributed by atoms with Crippen molar-refractivity contribution in [1.82, 2.24) is 0 Å². The van der Waals surface area contributed by atoms with Crippen LogP contribution in [0.4, 0.5) is 0 Å². The van der Waals surface area contributed by atoms with Crippen molar-refractivity contribution in [2.75, 3.05) is 0 Å². The molecule has 0 aliphatic heterocycles. The van der Waals surface area contributed by atoms with Gasteiger partial charge in [-0.15, -0.1) is 22.7 Å². The van der Waals surface area contributed by atoms with E-state index in [9.17, 15) is 0 Å². The first kappa shape index (κ1) is 8.02. The predicted octanol–water partition coefficient (Wildman–Crippen LogP) is 3.89. The van der Waals surface area contributed by atoms with Crippen molar-refractivity contribution in [1.29, 1.82) is 0 Å². The summed E-state index contributed by atoms with van der Waals surface area (Å²) in [5.74, 6) is 0. The van der Waals surface area contributed by atoms with Gasteiger partial charge in [-0.1, -0.05) is 0 Å². The highest BCUT2D eigenvalue weighted by Crippen LogP contribution is 2.31. The topological polar surface area (TPSA) is 0 Å². The van der Waals surface area contributed by atoms with Crippen LogP contribution in [0.15, 0.2) is 16.8 Å². The van der Waals surface area contributed by atoms with Gasteiger partial charge in [-0.25, -0.2) is 0 Å². The van der Waals surface area contributed by atoms with Crippen molar-refractivity contribution < 1.29 is 0 Å². The lowest BCUT2D eigenvalue weighted by Crippen LogP contribution is -1.69. The molecule has 0 aliphatic carbocycles. The number of rotatable bonds is 1. The molecule has 2 aromatic rings. The van der Waals surface area contributed by atoms with Crippen molar-refractivity contribution in [3.8, 4) is 10.4 Å². The minimum Gasteiger partial charge on any atom is -0.144 e. The zero-order chi connectivity index (χ0) is 8.55. The molecule has 0 atom stereocenters. The van der Waals surface area contributed by atoms with Crippen molar-refractivity contribution in [3.05, 3.63) is 33.3 Å². The lowest BCUT2D eigenvalue weighted by molar-refractivity contribution is 1.52. The molecule has 0 aliphatic rings. The molecule has 0 amide bonds. The Bertz CT molecular complexity index is 382. The van der Waals surface area contributed by atoms with E-state index in [1.807, 2.05) is 11.3 Å². The maximum absolute atomic E-state index is 3.22. The molecule has 0 bridgehead atoms. The first-order valence-electron chi connectivity index (χ1n) is 3.78. The lowest BCUT2D eigenvalue weighted by atomic mass is 10.2. The van der Waals surface area contributed by atoms with Gasteiger partial charge in [-0.3, -0.25) is 0 Å². The number of hydrogen-bond acceptors (Lipinski definition) is 2. The van der Waals surface area contributed by atoms with Crippen molar-refractivity contribution in [2.24, 2.45) is 0 Å². The Balaban J connectivity index is 2.50. The monoisotopic (exact) mass is 193 g/mol. The summed E-state index contributed by atoms with van der Waals surface area (Å²) >= 11 is 3.46. The summed E-state index contributed by atoms with van der Waals surface area (Å²) in [4.78, 5) is 1.36. The van der Waals surface area contributed by atoms with E-state index in [2.05, 4.69) is 36.1 Å². The van der Waals surface area contributed by atoms with E-state index in [0.29, 0.717) is 0 Å². The SMILES string of the molecule is Cc1csc(-c2cs[c]c2C)c1. The van der Waals surface area contributed by atoms with Gasteiger partial charge in [0.25, 0.3) is 0 Å². The van der Waals surface area contributed by atoms with Gasteiger partial charge in [0.1, 0.15) is 0 Å². The van der Waals surface area contributed by atoms with Gasteiger partial charge in [0, 0.05) is 21.2 Å². The highest BCUT2D eigenvalue weighted by Gasteiger charge is 2.04. The fourth-order valence-corrected chi connectivity index (χ4v) is 2.95. The molecule has 2 heteroatoms. The summed E-state index contributed by atoms with van der Waals surface area (Å²) in [5.41, 5.74) is 3.96. The standard InChI is InChI=1S/C10H9S2/c1-7-3-10(12-4-7)9-6-11-5-8(9)2/h3-4,6H,1-2H3. The maximum Gasteiger partial charge on any atom is 0.0481 e. The summed E-state index contributed by atoms with van der Waals surface area (Å²) in [6.45, 7) is 4.24. The Labute approximate surface area is 80.5 Å². The van der Waals surface area contributed by atoms with E-state index >= 15 is 0 Å². The van der Waals surface area contributed by atoms with Crippen LogP contribution in [0.3, 0.4) is 0 Å². The van der Waals surface area contributed by atoms with Crippen LogP contribution < -0.4 is 0 Å². The molecular weight excluding hydrogens is 184 g/mol. The van der Waals surface area contributed by atoms with Gasteiger partial charge < -0.3 is 0 Å². The molecule has 2 heterocycles. The Morgan fingerprint density at radius 2 is 2.08 bits per heavy atom. The normalized spacial score (nSPS) is 10.5. The molecule has 2 aromatic heterocycles. The third-order valence-corrected chi connectivity index (χ3v) is 3.65. The third-order valence-electron chi connectivity index (χ3n) is 1.79. The highest BCUT2D eigenvalue weighted by atomic mass is 32.1. The van der Waals surface area contributed by atoms with Crippen LogP contribution in [-0.4, -0.2) is 0 Å². The average molecular weight is 193 g/mol. The third kappa shape index (κ3) is 1.32. The smallest absolute Gasteiger partial charge is 0.0481 e. The van der Waals surface area contributed by atoms with Crippen LogP contribution in [0.2, 0.25) is 0 Å². The van der Waals surface area contributed by atoms with Gasteiger partial charge >= 0.3 is 0 Å². The van der Waals surface area contributed by atoms with Gasteiger partial charge in [0.05, 0.1) is 0 Å². The molecule has 0 nitrogen and oxygen atoms in total. The van der Waals surface area contributed by atoms with Gasteiger partial charge in [0.2, 0.25) is 0 Å². The fraction of sp³-hybridized carbons (Fsp3) is 0.200. The molecule has 0 saturated carbocycles. The number of thiophene rings is 2. The molecule has 0 N–H and O–H groups in total. The molecule has 0 unspecified atom stereocenters. The largest absolute Gasteiger partial charge is 0.144 e. The quantitative estimate of drug-likeness (QED) is 0.644. The molecular formula is C10H9S2. The Morgan fingerprint density at radius 3 is 2.58 bits per heavy atom. The van der Waals surface area contributed by atoms with Crippen LogP contribution >= 0.6 is 22.7 Å². The van der Waals surface area contributed by atoms with E-state index in [4.69, 9.17) is 0 Å². The van der Waals surface area contributed by atoms with E-state index in [0.717, 1.165) is 0 Å². The van der Waals surface area contributed by atoms with E-state index in [1.54, 1.807) is 11.3 Å². The van der Waals surface area contributed by atoms with Crippen LogP contribution in [0.1, 0.15) is 11.1 Å². The first-order chi connectivity index (χ1) is 5.77. The van der Waals surface area contributed by atoms with Crippen LogP contribution in [0.25, 0.3) is 10.4 Å². The minimum atomic E-state index is 1.27. The highest BCUT2D eigenvalue weighted by molar-refractivity contribution is 7.14. The molecule has 1 radical (unpaired) electrons. The lowest BCUT2D eigenvalue weighted by Gasteiger charge is -1.92. The summed E-state index contributed by atoms with van der Waals surface area (Å²) in [6, 6.07) is 2.23. The average Bonchev–Trinajstić information content (AvgIpc) is 2.58. The molecule has 0 fully saturated rings. The Kier molecular flexibility index (Phi) is 2.03. The summed E-state index contributed by atoms with van der Waals surface area (Å²) in [6.07, 6.45) is 0. The fourth-order valence-electron chi connectivity index (χ4n) is 1.14. The molecule has 12 heavy (non-hydrogen) atoms. The molecule has 0 saturated heterocycles. The maximum atomic E-state index is 3.22. The number of hydrogen-bond donors (Lipinski definition) is 0. The van der Waals surface area contributed by atoms with Crippen molar-refractivity contribution >= 4 is 22.7 Å². The summed E-state index contributed by atoms with van der Waals surface area (Å²) in [7, 11) is 0. The van der Waals surface area contributed by atoms with E-state index in [-0.39, 0.29) is 0 Å². The molecule has 2 rings (SSSR count). The van der Waals surface area contributed by atoms with E-state index in [1.165, 1.54) is 21.6 Å². The Hall–Kier alpha value is -0.600.